The van der Waals surface area contributed by atoms with Crippen LogP contribution in [-0.2, 0) is 6.61 Å². The minimum atomic E-state index is 0.248. The summed E-state index contributed by atoms with van der Waals surface area (Å²) in [5.41, 5.74) is 2.99. The Labute approximate surface area is 128 Å². The van der Waals surface area contributed by atoms with Gasteiger partial charge in [0.2, 0.25) is 0 Å². The van der Waals surface area contributed by atoms with Gasteiger partial charge in [-0.1, -0.05) is 17.7 Å². The lowest BCUT2D eigenvalue weighted by atomic mass is 10.1. The van der Waals surface area contributed by atoms with Crippen molar-refractivity contribution in [3.63, 3.8) is 0 Å². The molecule has 2 rings (SSSR count). The number of rotatable bonds is 4. The van der Waals surface area contributed by atoms with E-state index in [9.17, 15) is 0 Å². The molecule has 0 unspecified atom stereocenters. The smallest absolute Gasteiger partial charge is 0.139 e. The molecule has 21 heavy (non-hydrogen) atoms. The zero-order valence-electron chi connectivity index (χ0n) is 12.1. The molecule has 0 N–H and O–H groups in total. The van der Waals surface area contributed by atoms with E-state index >= 15 is 0 Å². The molecule has 4 nitrogen and oxygen atoms in total. The van der Waals surface area contributed by atoms with Crippen LogP contribution in [0, 0.1) is 25.2 Å². The topological polar surface area (TPSA) is 55.1 Å². The summed E-state index contributed by atoms with van der Waals surface area (Å²) in [5.74, 6) is 1.25. The predicted octanol–water partition coefficient (Wildman–Crippen LogP) is 3.81. The van der Waals surface area contributed by atoms with Crippen LogP contribution in [-0.4, -0.2) is 12.1 Å². The van der Waals surface area contributed by atoms with E-state index in [1.165, 1.54) is 0 Å². The predicted molar refractivity (Wildman–Crippen MR) is 80.8 cm³/mol. The van der Waals surface area contributed by atoms with Crippen molar-refractivity contribution in [2.24, 2.45) is 0 Å². The fourth-order valence-corrected chi connectivity index (χ4v) is 2.30. The summed E-state index contributed by atoms with van der Waals surface area (Å²) in [6, 6.07) is 7.16. The average molecular weight is 303 g/mol. The van der Waals surface area contributed by atoms with Crippen molar-refractivity contribution < 1.29 is 9.47 Å². The summed E-state index contributed by atoms with van der Waals surface area (Å²) >= 11 is 5.97. The lowest BCUT2D eigenvalue weighted by molar-refractivity contribution is 0.298. The maximum atomic E-state index is 9.12. The standard InChI is InChI=1S/C16H15ClN2O2/c1-10-8-19-14(11(2)16(10)20-3)9-21-15-6-4-5-13(17)12(15)7-18/h4-6,8H,9H2,1-3H3. The van der Waals surface area contributed by atoms with E-state index < -0.39 is 0 Å². The fourth-order valence-electron chi connectivity index (χ4n) is 2.10. The molecule has 2 aromatic rings. The van der Waals surface area contributed by atoms with Gasteiger partial charge in [-0.3, -0.25) is 4.98 Å². The molecular weight excluding hydrogens is 288 g/mol. The molecule has 0 radical (unpaired) electrons. The monoisotopic (exact) mass is 302 g/mol. The highest BCUT2D eigenvalue weighted by molar-refractivity contribution is 6.31. The second-order valence-corrected chi connectivity index (χ2v) is 4.97. The number of halogens is 1. The van der Waals surface area contributed by atoms with Crippen LogP contribution in [0.15, 0.2) is 24.4 Å². The van der Waals surface area contributed by atoms with Crippen LogP contribution < -0.4 is 9.47 Å². The van der Waals surface area contributed by atoms with Crippen LogP contribution in [0.3, 0.4) is 0 Å². The molecule has 0 atom stereocenters. The molecule has 0 aliphatic heterocycles. The molecule has 0 aliphatic rings. The number of benzene rings is 1. The van der Waals surface area contributed by atoms with Crippen LogP contribution in [0.5, 0.6) is 11.5 Å². The van der Waals surface area contributed by atoms with Crippen molar-refractivity contribution in [1.82, 2.24) is 4.98 Å². The molecule has 1 aromatic carbocycles. The summed E-state index contributed by atoms with van der Waals surface area (Å²) in [4.78, 5) is 4.36. The lowest BCUT2D eigenvalue weighted by Crippen LogP contribution is -2.04. The van der Waals surface area contributed by atoms with Crippen LogP contribution in [0.1, 0.15) is 22.4 Å². The first-order chi connectivity index (χ1) is 10.1. The van der Waals surface area contributed by atoms with E-state index in [0.717, 1.165) is 22.6 Å². The number of hydrogen-bond acceptors (Lipinski definition) is 4. The molecule has 0 fully saturated rings. The third-order valence-electron chi connectivity index (χ3n) is 3.20. The normalized spacial score (nSPS) is 10.0. The van der Waals surface area contributed by atoms with Gasteiger partial charge in [0.15, 0.2) is 0 Å². The fraction of sp³-hybridized carbons (Fsp3) is 0.250. The van der Waals surface area contributed by atoms with Gasteiger partial charge in [0.1, 0.15) is 29.7 Å². The number of methoxy groups -OCH3 is 1. The van der Waals surface area contributed by atoms with Crippen molar-refractivity contribution in [1.29, 1.82) is 5.26 Å². The van der Waals surface area contributed by atoms with E-state index in [-0.39, 0.29) is 6.61 Å². The first kappa shape index (κ1) is 15.1. The maximum absolute atomic E-state index is 9.12. The second kappa shape index (κ2) is 6.47. The van der Waals surface area contributed by atoms with Gasteiger partial charge < -0.3 is 9.47 Å². The molecule has 0 bridgehead atoms. The van der Waals surface area contributed by atoms with Crippen molar-refractivity contribution in [3.05, 3.63) is 51.8 Å². The largest absolute Gasteiger partial charge is 0.496 e. The first-order valence-corrected chi connectivity index (χ1v) is 6.76. The number of nitrogens with zero attached hydrogens (tertiary/aromatic N) is 2. The molecule has 0 spiro atoms. The highest BCUT2D eigenvalue weighted by Gasteiger charge is 2.12. The van der Waals surface area contributed by atoms with E-state index in [4.69, 9.17) is 26.3 Å². The molecule has 1 aromatic heterocycles. The molecule has 5 heteroatoms. The van der Waals surface area contributed by atoms with E-state index in [1.807, 2.05) is 19.9 Å². The van der Waals surface area contributed by atoms with Gasteiger partial charge in [-0.15, -0.1) is 0 Å². The Hall–Kier alpha value is -2.25. The SMILES string of the molecule is COc1c(C)cnc(COc2cccc(Cl)c2C#N)c1C. The number of aryl methyl sites for hydroxylation is 1. The Kier molecular flexibility index (Phi) is 4.66. The summed E-state index contributed by atoms with van der Waals surface area (Å²) in [6.07, 6.45) is 1.74. The molecular formula is C16H15ClN2O2. The van der Waals surface area contributed by atoms with Crippen molar-refractivity contribution in [2.75, 3.05) is 7.11 Å². The number of nitriles is 1. The van der Waals surface area contributed by atoms with Crippen LogP contribution in [0.2, 0.25) is 5.02 Å². The minimum absolute atomic E-state index is 0.248. The van der Waals surface area contributed by atoms with Crippen LogP contribution in [0.4, 0.5) is 0 Å². The second-order valence-electron chi connectivity index (χ2n) is 4.56. The Morgan fingerprint density at radius 1 is 1.33 bits per heavy atom. The summed E-state index contributed by atoms with van der Waals surface area (Å²) < 4.78 is 11.1. The van der Waals surface area contributed by atoms with Gasteiger partial charge in [-0.25, -0.2) is 0 Å². The Morgan fingerprint density at radius 3 is 2.76 bits per heavy atom. The number of hydrogen-bond donors (Lipinski definition) is 0. The average Bonchev–Trinajstić information content (AvgIpc) is 2.47. The molecule has 0 aliphatic carbocycles. The van der Waals surface area contributed by atoms with Crippen molar-refractivity contribution >= 4 is 11.6 Å². The Bertz CT molecular complexity index is 708. The summed E-state index contributed by atoms with van der Waals surface area (Å²) in [6.45, 7) is 4.12. The Morgan fingerprint density at radius 2 is 2.10 bits per heavy atom. The zero-order chi connectivity index (χ0) is 15.4. The quantitative estimate of drug-likeness (QED) is 0.861. The third kappa shape index (κ3) is 3.09. The van der Waals surface area contributed by atoms with Crippen LogP contribution in [0.25, 0.3) is 0 Å². The van der Waals surface area contributed by atoms with Crippen molar-refractivity contribution in [2.45, 2.75) is 20.5 Å². The number of aromatic nitrogens is 1. The zero-order valence-corrected chi connectivity index (χ0v) is 12.9. The Balaban J connectivity index is 2.26. The summed E-state index contributed by atoms with van der Waals surface area (Å²) in [5, 5.41) is 9.50. The van der Waals surface area contributed by atoms with Gasteiger partial charge in [0.05, 0.1) is 17.8 Å². The lowest BCUT2D eigenvalue weighted by Gasteiger charge is -2.13. The highest BCUT2D eigenvalue weighted by Crippen LogP contribution is 2.28. The van der Waals surface area contributed by atoms with Gasteiger partial charge in [0.25, 0.3) is 0 Å². The van der Waals surface area contributed by atoms with E-state index in [2.05, 4.69) is 4.98 Å². The van der Waals surface area contributed by atoms with E-state index in [0.29, 0.717) is 16.3 Å². The van der Waals surface area contributed by atoms with Crippen LogP contribution >= 0.6 is 11.6 Å². The molecule has 0 saturated carbocycles. The minimum Gasteiger partial charge on any atom is -0.496 e. The van der Waals surface area contributed by atoms with Gasteiger partial charge >= 0.3 is 0 Å². The summed E-state index contributed by atoms with van der Waals surface area (Å²) in [7, 11) is 1.63. The molecule has 1 heterocycles. The molecule has 0 saturated heterocycles. The van der Waals surface area contributed by atoms with E-state index in [1.54, 1.807) is 31.5 Å². The highest BCUT2D eigenvalue weighted by atomic mass is 35.5. The number of pyridine rings is 1. The van der Waals surface area contributed by atoms with Crippen molar-refractivity contribution in [3.8, 4) is 17.6 Å². The van der Waals surface area contributed by atoms with Gasteiger partial charge in [0, 0.05) is 17.3 Å². The molecule has 0 amide bonds. The number of ether oxygens (including phenoxy) is 2. The maximum Gasteiger partial charge on any atom is 0.139 e. The third-order valence-corrected chi connectivity index (χ3v) is 3.52. The van der Waals surface area contributed by atoms with Gasteiger partial charge in [-0.05, 0) is 26.0 Å². The molecule has 108 valence electrons. The first-order valence-electron chi connectivity index (χ1n) is 6.39. The van der Waals surface area contributed by atoms with Gasteiger partial charge in [-0.2, -0.15) is 5.26 Å².